The molecule has 2 aromatic carbocycles. The van der Waals surface area contributed by atoms with Crippen LogP contribution in [0.5, 0.6) is 11.5 Å². The van der Waals surface area contributed by atoms with E-state index in [1.807, 2.05) is 0 Å². The number of para-hydroxylation sites is 1. The number of halogens is 1. The third-order valence-electron chi connectivity index (χ3n) is 3.36. The SMILES string of the molecule is COc1cccc(OC)c1COC(=O)c1ccccc1NOC(C)Cl. The molecular weight excluding hydrogens is 346 g/mol. The minimum Gasteiger partial charge on any atom is -0.496 e. The Morgan fingerprint density at radius 2 is 1.72 bits per heavy atom. The van der Waals surface area contributed by atoms with Crippen LogP contribution in [0.3, 0.4) is 0 Å². The number of anilines is 1. The standard InChI is InChI=1S/C18H20ClNO5/c1-12(19)25-20-15-8-5-4-7-13(15)18(21)24-11-14-16(22-2)9-6-10-17(14)23-3/h4-10,12,20H,11H2,1-3H3. The van der Waals surface area contributed by atoms with Crippen LogP contribution in [-0.4, -0.2) is 25.8 Å². The predicted molar refractivity (Wildman–Crippen MR) is 95.1 cm³/mol. The molecule has 0 bridgehead atoms. The van der Waals surface area contributed by atoms with Gasteiger partial charge in [0.2, 0.25) is 0 Å². The fourth-order valence-electron chi connectivity index (χ4n) is 2.18. The van der Waals surface area contributed by atoms with Gasteiger partial charge in [-0.1, -0.05) is 29.8 Å². The summed E-state index contributed by atoms with van der Waals surface area (Å²) in [4.78, 5) is 17.6. The van der Waals surface area contributed by atoms with Crippen molar-refractivity contribution in [3.63, 3.8) is 0 Å². The summed E-state index contributed by atoms with van der Waals surface area (Å²) in [5.74, 6) is 0.651. The molecule has 2 aromatic rings. The Labute approximate surface area is 151 Å². The number of benzene rings is 2. The number of rotatable bonds is 8. The van der Waals surface area contributed by atoms with Gasteiger partial charge in [-0.05, 0) is 31.2 Å². The maximum Gasteiger partial charge on any atom is 0.340 e. The molecule has 0 aliphatic carbocycles. The van der Waals surface area contributed by atoms with Gasteiger partial charge in [-0.2, -0.15) is 0 Å². The number of carbonyl (C=O) groups excluding carboxylic acids is 1. The van der Waals surface area contributed by atoms with Crippen LogP contribution in [0.2, 0.25) is 0 Å². The highest BCUT2D eigenvalue weighted by Gasteiger charge is 2.16. The second-order valence-electron chi connectivity index (χ2n) is 5.03. The average Bonchev–Trinajstić information content (AvgIpc) is 2.64. The van der Waals surface area contributed by atoms with Crippen LogP contribution in [0, 0.1) is 0 Å². The van der Waals surface area contributed by atoms with Crippen molar-refractivity contribution in [2.75, 3.05) is 19.7 Å². The zero-order valence-corrected chi connectivity index (χ0v) is 15.0. The summed E-state index contributed by atoms with van der Waals surface area (Å²) in [7, 11) is 3.09. The van der Waals surface area contributed by atoms with Gasteiger partial charge in [0.05, 0.1) is 31.0 Å². The molecule has 1 N–H and O–H groups in total. The van der Waals surface area contributed by atoms with Crippen molar-refractivity contribution in [3.8, 4) is 11.5 Å². The lowest BCUT2D eigenvalue weighted by molar-refractivity contribution is 0.0467. The maximum absolute atomic E-state index is 12.5. The minimum absolute atomic E-state index is 0.00706. The molecule has 0 aromatic heterocycles. The minimum atomic E-state index is -0.554. The Balaban J connectivity index is 2.14. The molecule has 0 radical (unpaired) electrons. The number of ether oxygens (including phenoxy) is 3. The Hall–Kier alpha value is -2.44. The predicted octanol–water partition coefficient (Wildman–Crippen LogP) is 3.99. The van der Waals surface area contributed by atoms with Crippen LogP contribution >= 0.6 is 11.6 Å². The number of carbonyl (C=O) groups is 1. The number of methoxy groups -OCH3 is 2. The van der Waals surface area contributed by atoms with Crippen molar-refractivity contribution in [1.82, 2.24) is 0 Å². The molecule has 1 atom stereocenters. The van der Waals surface area contributed by atoms with Crippen LogP contribution in [0.1, 0.15) is 22.8 Å². The highest BCUT2D eigenvalue weighted by atomic mass is 35.5. The van der Waals surface area contributed by atoms with E-state index in [-0.39, 0.29) is 6.61 Å². The molecule has 1 unspecified atom stereocenters. The third kappa shape index (κ3) is 5.01. The lowest BCUT2D eigenvalue weighted by Crippen LogP contribution is -2.13. The summed E-state index contributed by atoms with van der Waals surface area (Å²) < 4.78 is 16.0. The largest absolute Gasteiger partial charge is 0.496 e. The van der Waals surface area contributed by atoms with E-state index in [4.69, 9.17) is 30.6 Å². The Morgan fingerprint density at radius 1 is 1.08 bits per heavy atom. The van der Waals surface area contributed by atoms with E-state index < -0.39 is 11.5 Å². The molecule has 0 spiro atoms. The summed E-state index contributed by atoms with van der Waals surface area (Å²) in [5.41, 5.74) is 3.54. The number of esters is 1. The summed E-state index contributed by atoms with van der Waals surface area (Å²) in [6.45, 7) is 1.66. The maximum atomic E-state index is 12.5. The third-order valence-corrected chi connectivity index (χ3v) is 3.44. The molecule has 0 saturated carbocycles. The van der Waals surface area contributed by atoms with Gasteiger partial charge in [-0.25, -0.2) is 4.79 Å². The second kappa shape index (κ2) is 9.15. The number of hydrogen-bond acceptors (Lipinski definition) is 6. The van der Waals surface area contributed by atoms with E-state index >= 15 is 0 Å². The first kappa shape index (κ1) is 18.9. The molecular formula is C18H20ClNO5. The first-order valence-corrected chi connectivity index (χ1v) is 8.02. The molecule has 0 heterocycles. The number of hydrogen-bond donors (Lipinski definition) is 1. The van der Waals surface area contributed by atoms with Crippen molar-refractivity contribution < 1.29 is 23.8 Å². The highest BCUT2D eigenvalue weighted by molar-refractivity contribution is 6.19. The molecule has 0 amide bonds. The van der Waals surface area contributed by atoms with Gasteiger partial charge in [0.1, 0.15) is 18.1 Å². The summed E-state index contributed by atoms with van der Waals surface area (Å²) in [6, 6.07) is 12.2. The van der Waals surface area contributed by atoms with E-state index in [0.717, 1.165) is 0 Å². The molecule has 0 aliphatic heterocycles. The first-order chi connectivity index (χ1) is 12.1. The molecule has 2 rings (SSSR count). The van der Waals surface area contributed by atoms with E-state index in [2.05, 4.69) is 5.48 Å². The fourth-order valence-corrected chi connectivity index (χ4v) is 2.23. The Bertz CT molecular complexity index is 698. The van der Waals surface area contributed by atoms with Crippen molar-refractivity contribution in [2.45, 2.75) is 19.1 Å². The van der Waals surface area contributed by atoms with Gasteiger partial charge in [0, 0.05) is 0 Å². The van der Waals surface area contributed by atoms with Gasteiger partial charge < -0.3 is 14.2 Å². The van der Waals surface area contributed by atoms with Gasteiger partial charge in [0.15, 0.2) is 5.56 Å². The van der Waals surface area contributed by atoms with E-state index in [1.54, 1.807) is 63.6 Å². The molecule has 0 aliphatic rings. The molecule has 7 heteroatoms. The fraction of sp³-hybridized carbons (Fsp3) is 0.278. The Kier molecular flexibility index (Phi) is 6.91. The van der Waals surface area contributed by atoms with Crippen molar-refractivity contribution in [3.05, 3.63) is 53.6 Å². The summed E-state index contributed by atoms with van der Waals surface area (Å²) in [5, 5.41) is 0. The summed E-state index contributed by atoms with van der Waals surface area (Å²) in [6.07, 6.45) is 0. The first-order valence-electron chi connectivity index (χ1n) is 7.58. The monoisotopic (exact) mass is 365 g/mol. The topological polar surface area (TPSA) is 66.0 Å². The van der Waals surface area contributed by atoms with Crippen molar-refractivity contribution in [1.29, 1.82) is 0 Å². The molecule has 0 saturated heterocycles. The van der Waals surface area contributed by atoms with Gasteiger partial charge in [-0.3, -0.25) is 10.3 Å². The van der Waals surface area contributed by atoms with Gasteiger partial charge in [0.25, 0.3) is 0 Å². The molecule has 134 valence electrons. The van der Waals surface area contributed by atoms with Crippen LogP contribution < -0.4 is 15.0 Å². The van der Waals surface area contributed by atoms with E-state index in [1.165, 1.54) is 0 Å². The van der Waals surface area contributed by atoms with Gasteiger partial charge >= 0.3 is 5.97 Å². The van der Waals surface area contributed by atoms with E-state index in [0.29, 0.717) is 28.3 Å². The average molecular weight is 366 g/mol. The van der Waals surface area contributed by atoms with Crippen molar-refractivity contribution >= 4 is 23.3 Å². The zero-order valence-electron chi connectivity index (χ0n) is 14.2. The van der Waals surface area contributed by atoms with E-state index in [9.17, 15) is 4.79 Å². The number of nitrogens with one attached hydrogen (secondary N) is 1. The van der Waals surface area contributed by atoms with Crippen LogP contribution in [0.4, 0.5) is 5.69 Å². The zero-order chi connectivity index (χ0) is 18.2. The normalized spacial score (nSPS) is 11.5. The van der Waals surface area contributed by atoms with Crippen LogP contribution in [0.25, 0.3) is 0 Å². The van der Waals surface area contributed by atoms with Crippen LogP contribution in [-0.2, 0) is 16.2 Å². The molecule has 25 heavy (non-hydrogen) atoms. The molecule has 6 nitrogen and oxygen atoms in total. The number of alkyl halides is 1. The van der Waals surface area contributed by atoms with Crippen LogP contribution in [0.15, 0.2) is 42.5 Å². The second-order valence-corrected chi connectivity index (χ2v) is 5.64. The smallest absolute Gasteiger partial charge is 0.340 e. The molecule has 0 fully saturated rings. The summed E-state index contributed by atoms with van der Waals surface area (Å²) >= 11 is 5.74. The quantitative estimate of drug-likeness (QED) is 0.433. The Morgan fingerprint density at radius 3 is 2.32 bits per heavy atom. The lowest BCUT2D eigenvalue weighted by atomic mass is 10.1. The highest BCUT2D eigenvalue weighted by Crippen LogP contribution is 2.29. The lowest BCUT2D eigenvalue weighted by Gasteiger charge is -2.15. The van der Waals surface area contributed by atoms with Gasteiger partial charge in [-0.15, -0.1) is 0 Å². The van der Waals surface area contributed by atoms with Crippen molar-refractivity contribution in [2.24, 2.45) is 0 Å².